The van der Waals surface area contributed by atoms with Gasteiger partial charge in [0.25, 0.3) is 0 Å². The van der Waals surface area contributed by atoms with Crippen LogP contribution in [0.1, 0.15) is 30.5 Å². The Morgan fingerprint density at radius 2 is 1.89 bits per heavy atom. The van der Waals surface area contributed by atoms with Crippen LogP contribution in [0.2, 0.25) is 0 Å². The average Bonchev–Trinajstić information content (AvgIpc) is 2.35. The Balaban J connectivity index is 3.22. The van der Waals surface area contributed by atoms with Gasteiger partial charge < -0.3 is 14.8 Å². The summed E-state index contributed by atoms with van der Waals surface area (Å²) < 4.78 is 10.7. The van der Waals surface area contributed by atoms with Crippen LogP contribution in [0.25, 0.3) is 0 Å². The van der Waals surface area contributed by atoms with Crippen molar-refractivity contribution in [2.45, 2.75) is 26.3 Å². The van der Waals surface area contributed by atoms with Gasteiger partial charge in [-0.15, -0.1) is 0 Å². The topological polar surface area (TPSA) is 47.6 Å². The number of benzene rings is 1. The minimum Gasteiger partial charge on any atom is -0.496 e. The number of methoxy groups -OCH3 is 2. The average molecular weight is 251 g/mol. The van der Waals surface area contributed by atoms with E-state index in [-0.39, 0.29) is 11.8 Å². The van der Waals surface area contributed by atoms with E-state index in [0.29, 0.717) is 6.42 Å². The van der Waals surface area contributed by atoms with E-state index in [1.807, 2.05) is 26.1 Å². The molecule has 1 N–H and O–H groups in total. The molecule has 0 amide bonds. The molecule has 100 valence electrons. The van der Waals surface area contributed by atoms with E-state index in [1.165, 1.54) is 0 Å². The van der Waals surface area contributed by atoms with E-state index >= 15 is 0 Å². The van der Waals surface area contributed by atoms with Gasteiger partial charge in [-0.2, -0.15) is 0 Å². The highest BCUT2D eigenvalue weighted by molar-refractivity contribution is 5.76. The van der Waals surface area contributed by atoms with Crippen LogP contribution in [0.15, 0.2) is 12.1 Å². The second-order valence-corrected chi connectivity index (χ2v) is 4.31. The van der Waals surface area contributed by atoms with Crippen molar-refractivity contribution in [2.24, 2.45) is 0 Å². The van der Waals surface area contributed by atoms with Gasteiger partial charge >= 0.3 is 0 Å². The summed E-state index contributed by atoms with van der Waals surface area (Å²) in [5.41, 5.74) is 1.95. The number of ketones is 1. The Kier molecular flexibility index (Phi) is 5.16. The number of carbonyl (C=O) groups excluding carboxylic acids is 1. The summed E-state index contributed by atoms with van der Waals surface area (Å²) in [6.07, 6.45) is 0.430. The maximum absolute atomic E-state index is 11.3. The van der Waals surface area contributed by atoms with E-state index in [9.17, 15) is 4.79 Å². The highest BCUT2D eigenvalue weighted by Crippen LogP contribution is 2.33. The van der Waals surface area contributed by atoms with Gasteiger partial charge in [0.05, 0.1) is 14.2 Å². The molecular formula is C14H21NO3. The predicted molar refractivity (Wildman–Crippen MR) is 71.4 cm³/mol. The zero-order chi connectivity index (χ0) is 13.7. The van der Waals surface area contributed by atoms with Crippen molar-refractivity contribution in [3.05, 3.63) is 23.3 Å². The molecule has 1 rings (SSSR count). The smallest absolute Gasteiger partial charge is 0.131 e. The monoisotopic (exact) mass is 251 g/mol. The van der Waals surface area contributed by atoms with Crippen LogP contribution in [0.4, 0.5) is 0 Å². The molecule has 1 aromatic carbocycles. The summed E-state index contributed by atoms with van der Waals surface area (Å²) in [6, 6.07) is 3.80. The van der Waals surface area contributed by atoms with Crippen LogP contribution in [0.3, 0.4) is 0 Å². The lowest BCUT2D eigenvalue weighted by Gasteiger charge is -2.20. The first-order valence-corrected chi connectivity index (χ1v) is 5.92. The van der Waals surface area contributed by atoms with Crippen molar-refractivity contribution in [1.82, 2.24) is 5.32 Å². The maximum Gasteiger partial charge on any atom is 0.131 e. The molecule has 4 nitrogen and oxygen atoms in total. The Bertz CT molecular complexity index is 429. The van der Waals surface area contributed by atoms with Crippen molar-refractivity contribution >= 4 is 5.78 Å². The van der Waals surface area contributed by atoms with Crippen LogP contribution < -0.4 is 14.8 Å². The molecule has 0 fully saturated rings. The fourth-order valence-corrected chi connectivity index (χ4v) is 2.00. The predicted octanol–water partition coefficient (Wildman–Crippen LogP) is 2.25. The number of hydrogen-bond donors (Lipinski definition) is 1. The molecule has 0 aliphatic rings. The van der Waals surface area contributed by atoms with Gasteiger partial charge in [-0.3, -0.25) is 4.79 Å². The minimum absolute atomic E-state index is 0.0630. The summed E-state index contributed by atoms with van der Waals surface area (Å²) in [7, 11) is 5.10. The zero-order valence-electron chi connectivity index (χ0n) is 11.7. The molecule has 4 heteroatoms. The first kappa shape index (κ1) is 14.5. The van der Waals surface area contributed by atoms with E-state index in [4.69, 9.17) is 9.47 Å². The number of nitrogens with one attached hydrogen (secondary N) is 1. The largest absolute Gasteiger partial charge is 0.496 e. The number of carbonyl (C=O) groups is 1. The van der Waals surface area contributed by atoms with Crippen molar-refractivity contribution in [3.8, 4) is 11.5 Å². The third kappa shape index (κ3) is 3.23. The molecule has 1 aromatic rings. The second-order valence-electron chi connectivity index (χ2n) is 4.31. The quantitative estimate of drug-likeness (QED) is 0.842. The van der Waals surface area contributed by atoms with Gasteiger partial charge in [0.2, 0.25) is 0 Å². The molecule has 0 saturated carbocycles. The summed E-state index contributed by atoms with van der Waals surface area (Å²) >= 11 is 0. The number of hydrogen-bond acceptors (Lipinski definition) is 4. The van der Waals surface area contributed by atoms with Crippen LogP contribution in [0, 0.1) is 6.92 Å². The number of ether oxygens (including phenoxy) is 2. The lowest BCUT2D eigenvalue weighted by molar-refractivity contribution is -0.117. The number of aryl methyl sites for hydroxylation is 1. The van der Waals surface area contributed by atoms with Gasteiger partial charge in [0.15, 0.2) is 0 Å². The first-order chi connectivity index (χ1) is 8.53. The van der Waals surface area contributed by atoms with Crippen molar-refractivity contribution in [1.29, 1.82) is 0 Å². The summed E-state index contributed by atoms with van der Waals surface area (Å²) in [5, 5.41) is 3.14. The van der Waals surface area contributed by atoms with E-state index in [1.54, 1.807) is 21.1 Å². The highest BCUT2D eigenvalue weighted by atomic mass is 16.5. The molecule has 0 heterocycles. The summed E-state index contributed by atoms with van der Waals surface area (Å²) in [6.45, 7) is 3.55. The Labute approximate surface area is 108 Å². The third-order valence-electron chi connectivity index (χ3n) is 2.96. The summed E-state index contributed by atoms with van der Waals surface area (Å²) in [5.74, 6) is 1.71. The van der Waals surface area contributed by atoms with Gasteiger partial charge in [0.1, 0.15) is 17.3 Å². The standard InChI is InChI=1S/C14H21NO3/c1-9-6-14(18-5)11(8-13(9)17-4)12(15-3)7-10(2)16/h6,8,12,15H,7H2,1-5H3. The fourth-order valence-electron chi connectivity index (χ4n) is 2.00. The van der Waals surface area contributed by atoms with Crippen LogP contribution in [0.5, 0.6) is 11.5 Å². The van der Waals surface area contributed by atoms with E-state index in [0.717, 1.165) is 22.6 Å². The number of rotatable bonds is 6. The maximum atomic E-state index is 11.3. The molecule has 0 spiro atoms. The normalized spacial score (nSPS) is 12.1. The zero-order valence-corrected chi connectivity index (χ0v) is 11.7. The molecule has 0 radical (unpaired) electrons. The SMILES string of the molecule is CNC(CC(C)=O)c1cc(OC)c(C)cc1OC. The minimum atomic E-state index is -0.0630. The molecule has 1 atom stereocenters. The van der Waals surface area contributed by atoms with Gasteiger partial charge in [-0.05, 0) is 38.6 Å². The van der Waals surface area contributed by atoms with Gasteiger partial charge in [-0.1, -0.05) is 0 Å². The van der Waals surface area contributed by atoms with Crippen molar-refractivity contribution in [2.75, 3.05) is 21.3 Å². The lowest BCUT2D eigenvalue weighted by Crippen LogP contribution is -2.20. The summed E-state index contributed by atoms with van der Waals surface area (Å²) in [4.78, 5) is 11.3. The molecule has 1 unspecified atom stereocenters. The molecule has 0 aromatic heterocycles. The van der Waals surface area contributed by atoms with Crippen molar-refractivity contribution < 1.29 is 14.3 Å². The third-order valence-corrected chi connectivity index (χ3v) is 2.96. The first-order valence-electron chi connectivity index (χ1n) is 5.92. The molecule has 18 heavy (non-hydrogen) atoms. The lowest BCUT2D eigenvalue weighted by atomic mass is 9.99. The van der Waals surface area contributed by atoms with E-state index in [2.05, 4.69) is 5.32 Å². The van der Waals surface area contributed by atoms with Gasteiger partial charge in [-0.25, -0.2) is 0 Å². The molecule has 0 saturated heterocycles. The fraction of sp³-hybridized carbons (Fsp3) is 0.500. The van der Waals surface area contributed by atoms with E-state index < -0.39 is 0 Å². The Morgan fingerprint density at radius 1 is 1.28 bits per heavy atom. The van der Waals surface area contributed by atoms with Crippen LogP contribution >= 0.6 is 0 Å². The Morgan fingerprint density at radius 3 is 2.33 bits per heavy atom. The molecule has 0 aliphatic carbocycles. The van der Waals surface area contributed by atoms with Crippen LogP contribution in [-0.2, 0) is 4.79 Å². The number of Topliss-reactive ketones (excluding diaryl/α,β-unsaturated/α-hetero) is 1. The molecule has 0 aliphatic heterocycles. The Hall–Kier alpha value is -1.55. The van der Waals surface area contributed by atoms with Crippen LogP contribution in [-0.4, -0.2) is 27.1 Å². The highest BCUT2D eigenvalue weighted by Gasteiger charge is 2.18. The molecular weight excluding hydrogens is 230 g/mol. The van der Waals surface area contributed by atoms with Gasteiger partial charge in [0, 0.05) is 18.0 Å². The molecule has 0 bridgehead atoms. The van der Waals surface area contributed by atoms with Crippen molar-refractivity contribution in [3.63, 3.8) is 0 Å². The second kappa shape index (κ2) is 6.40.